The van der Waals surface area contributed by atoms with Gasteiger partial charge in [0.15, 0.2) is 0 Å². The van der Waals surface area contributed by atoms with Gasteiger partial charge in [0, 0.05) is 13.1 Å². The molecule has 0 saturated carbocycles. The minimum atomic E-state index is -0.233. The van der Waals surface area contributed by atoms with E-state index in [1.165, 1.54) is 0 Å². The molecule has 3 aromatic rings. The van der Waals surface area contributed by atoms with Gasteiger partial charge in [-0.2, -0.15) is 0 Å². The quantitative estimate of drug-likeness (QED) is 0.572. The van der Waals surface area contributed by atoms with Crippen LogP contribution in [0.4, 0.5) is 0 Å². The zero-order valence-electron chi connectivity index (χ0n) is 16.8. The molecule has 0 unspecified atom stereocenters. The van der Waals surface area contributed by atoms with Crippen LogP contribution >= 0.6 is 11.3 Å². The van der Waals surface area contributed by atoms with Crippen molar-refractivity contribution < 1.29 is 14.3 Å². The lowest BCUT2D eigenvalue weighted by Crippen LogP contribution is -2.43. The van der Waals surface area contributed by atoms with Gasteiger partial charge in [-0.3, -0.25) is 9.59 Å². The zero-order valence-corrected chi connectivity index (χ0v) is 17.7. The van der Waals surface area contributed by atoms with E-state index in [4.69, 9.17) is 4.74 Å². The van der Waals surface area contributed by atoms with E-state index < -0.39 is 0 Å². The molecule has 5 nitrogen and oxygen atoms in total. The van der Waals surface area contributed by atoms with Gasteiger partial charge in [0.25, 0.3) is 5.91 Å². The molecule has 1 aliphatic heterocycles. The standard InChI is InChI=1S/C23H26N2O3S/c1-3-28-23(27)18-10-7-12-24(15-18)22(26)20-14-21-19(11-13-29-21)25(20)16(2)17-8-5-4-6-9-17/h4-6,8-9,11,13-14,16,18H,3,7,10,12,15H2,1-2H3/t16-,18+/m0/s1. The zero-order chi connectivity index (χ0) is 20.4. The highest BCUT2D eigenvalue weighted by Gasteiger charge is 2.32. The first-order valence-corrected chi connectivity index (χ1v) is 11.1. The highest BCUT2D eigenvalue weighted by molar-refractivity contribution is 7.17. The first kappa shape index (κ1) is 19.7. The largest absolute Gasteiger partial charge is 0.466 e. The second kappa shape index (κ2) is 8.41. The Bertz CT molecular complexity index is 1010. The summed E-state index contributed by atoms with van der Waals surface area (Å²) >= 11 is 1.65. The number of benzene rings is 1. The number of hydrogen-bond acceptors (Lipinski definition) is 4. The third-order valence-electron chi connectivity index (χ3n) is 5.68. The number of ether oxygens (including phenoxy) is 1. The Labute approximate surface area is 174 Å². The summed E-state index contributed by atoms with van der Waals surface area (Å²) in [5, 5.41) is 2.06. The van der Waals surface area contributed by atoms with Gasteiger partial charge in [-0.25, -0.2) is 0 Å². The summed E-state index contributed by atoms with van der Waals surface area (Å²) in [7, 11) is 0. The molecule has 2 aromatic heterocycles. The molecule has 1 aliphatic rings. The number of aromatic nitrogens is 1. The molecule has 2 atom stereocenters. The van der Waals surface area contributed by atoms with E-state index in [0.717, 1.165) is 28.6 Å². The number of piperidine rings is 1. The number of rotatable bonds is 5. The molecule has 3 heterocycles. The number of thiophene rings is 1. The molecule has 0 radical (unpaired) electrons. The van der Waals surface area contributed by atoms with Crippen molar-refractivity contribution in [3.05, 3.63) is 59.1 Å². The maximum absolute atomic E-state index is 13.5. The van der Waals surface area contributed by atoms with Crippen LogP contribution in [0.5, 0.6) is 0 Å². The monoisotopic (exact) mass is 410 g/mol. The molecule has 1 aromatic carbocycles. The molecule has 1 saturated heterocycles. The van der Waals surface area contributed by atoms with Crippen molar-refractivity contribution in [2.75, 3.05) is 19.7 Å². The van der Waals surface area contributed by atoms with Crippen LogP contribution in [0.3, 0.4) is 0 Å². The lowest BCUT2D eigenvalue weighted by atomic mass is 9.98. The van der Waals surface area contributed by atoms with Crippen LogP contribution in [-0.2, 0) is 9.53 Å². The maximum atomic E-state index is 13.5. The predicted octanol–water partition coefficient (Wildman–Crippen LogP) is 4.73. The molecule has 4 rings (SSSR count). The van der Waals surface area contributed by atoms with Crippen LogP contribution in [0.15, 0.2) is 47.8 Å². The normalized spacial score (nSPS) is 18.0. The summed E-state index contributed by atoms with van der Waals surface area (Å²) in [6.07, 6.45) is 1.59. The van der Waals surface area contributed by atoms with E-state index in [9.17, 15) is 9.59 Å². The minimum Gasteiger partial charge on any atom is -0.466 e. The molecule has 29 heavy (non-hydrogen) atoms. The molecule has 1 fully saturated rings. The van der Waals surface area contributed by atoms with Gasteiger partial charge in [-0.15, -0.1) is 11.3 Å². The van der Waals surface area contributed by atoms with Gasteiger partial charge in [-0.1, -0.05) is 30.3 Å². The van der Waals surface area contributed by atoms with E-state index in [1.807, 2.05) is 36.1 Å². The summed E-state index contributed by atoms with van der Waals surface area (Å²) < 4.78 is 8.43. The highest BCUT2D eigenvalue weighted by atomic mass is 32.1. The Morgan fingerprint density at radius 3 is 2.79 bits per heavy atom. The van der Waals surface area contributed by atoms with E-state index in [-0.39, 0.29) is 23.8 Å². The fraction of sp³-hybridized carbons (Fsp3) is 0.391. The molecule has 0 N–H and O–H groups in total. The fourth-order valence-corrected chi connectivity index (χ4v) is 4.99. The smallest absolute Gasteiger partial charge is 0.310 e. The van der Waals surface area contributed by atoms with Crippen molar-refractivity contribution >= 4 is 33.4 Å². The van der Waals surface area contributed by atoms with E-state index in [2.05, 4.69) is 35.1 Å². The predicted molar refractivity (Wildman–Crippen MR) is 115 cm³/mol. The molecule has 0 spiro atoms. The summed E-state index contributed by atoms with van der Waals surface area (Å²) in [5.74, 6) is -0.437. The average Bonchev–Trinajstić information content (AvgIpc) is 3.35. The summed E-state index contributed by atoms with van der Waals surface area (Å²) in [5.41, 5.74) is 2.93. The molecular formula is C23H26N2O3S. The van der Waals surface area contributed by atoms with Crippen molar-refractivity contribution in [1.82, 2.24) is 9.47 Å². The van der Waals surface area contributed by atoms with Crippen LogP contribution in [0.1, 0.15) is 48.8 Å². The van der Waals surface area contributed by atoms with Crippen LogP contribution in [-0.4, -0.2) is 41.0 Å². The van der Waals surface area contributed by atoms with Crippen LogP contribution < -0.4 is 0 Å². The van der Waals surface area contributed by atoms with Crippen molar-refractivity contribution in [3.63, 3.8) is 0 Å². The number of nitrogens with zero attached hydrogens (tertiary/aromatic N) is 2. The summed E-state index contributed by atoms with van der Waals surface area (Å²) in [6.45, 7) is 5.41. The van der Waals surface area contributed by atoms with Crippen molar-refractivity contribution in [1.29, 1.82) is 0 Å². The topological polar surface area (TPSA) is 51.5 Å². The number of likely N-dealkylation sites (tertiary alicyclic amines) is 1. The minimum absolute atomic E-state index is 0.00909. The Morgan fingerprint density at radius 2 is 2.03 bits per heavy atom. The van der Waals surface area contributed by atoms with Crippen LogP contribution in [0.25, 0.3) is 10.2 Å². The van der Waals surface area contributed by atoms with Crippen molar-refractivity contribution in [3.8, 4) is 0 Å². The third-order valence-corrected chi connectivity index (χ3v) is 6.53. The SMILES string of the molecule is CCOC(=O)[C@@H]1CCCN(C(=O)c2cc3sccc3n2[C@@H](C)c2ccccc2)C1. The molecule has 0 bridgehead atoms. The van der Waals surface area contributed by atoms with Gasteiger partial charge >= 0.3 is 5.97 Å². The Hall–Kier alpha value is -2.60. The molecule has 0 aliphatic carbocycles. The van der Waals surface area contributed by atoms with Crippen LogP contribution in [0.2, 0.25) is 0 Å². The molecule has 152 valence electrons. The van der Waals surface area contributed by atoms with Gasteiger partial charge in [-0.05, 0) is 49.8 Å². The number of fused-ring (bicyclic) bond motifs is 1. The number of carbonyl (C=O) groups is 2. The third kappa shape index (κ3) is 3.81. The highest BCUT2D eigenvalue weighted by Crippen LogP contribution is 2.32. The maximum Gasteiger partial charge on any atom is 0.310 e. The van der Waals surface area contributed by atoms with Gasteiger partial charge in [0.1, 0.15) is 5.69 Å². The molecule has 1 amide bonds. The number of amides is 1. The van der Waals surface area contributed by atoms with E-state index >= 15 is 0 Å². The average molecular weight is 411 g/mol. The van der Waals surface area contributed by atoms with E-state index in [1.54, 1.807) is 11.3 Å². The van der Waals surface area contributed by atoms with Crippen molar-refractivity contribution in [2.24, 2.45) is 5.92 Å². The van der Waals surface area contributed by atoms with Crippen molar-refractivity contribution in [2.45, 2.75) is 32.7 Å². The van der Waals surface area contributed by atoms with Gasteiger partial charge in [0.05, 0.1) is 28.8 Å². The number of hydrogen-bond donors (Lipinski definition) is 0. The summed E-state index contributed by atoms with van der Waals surface area (Å²) in [4.78, 5) is 27.5. The fourth-order valence-electron chi connectivity index (χ4n) is 4.18. The van der Waals surface area contributed by atoms with Gasteiger partial charge in [0.2, 0.25) is 0 Å². The Balaban J connectivity index is 1.66. The van der Waals surface area contributed by atoms with E-state index in [0.29, 0.717) is 25.4 Å². The second-order valence-corrected chi connectivity index (χ2v) is 8.45. The molecular weight excluding hydrogens is 384 g/mol. The Kier molecular flexibility index (Phi) is 5.72. The van der Waals surface area contributed by atoms with Crippen LogP contribution in [0, 0.1) is 5.92 Å². The first-order valence-electron chi connectivity index (χ1n) is 10.2. The van der Waals surface area contributed by atoms with Gasteiger partial charge < -0.3 is 14.2 Å². The first-order chi connectivity index (χ1) is 14.1. The molecule has 6 heteroatoms. The Morgan fingerprint density at radius 1 is 1.24 bits per heavy atom. The lowest BCUT2D eigenvalue weighted by Gasteiger charge is -2.32. The second-order valence-electron chi connectivity index (χ2n) is 7.50. The number of esters is 1. The number of carbonyl (C=O) groups excluding carboxylic acids is 2. The lowest BCUT2D eigenvalue weighted by molar-refractivity contribution is -0.149. The summed E-state index contributed by atoms with van der Waals surface area (Å²) in [6, 6.07) is 14.3.